The third-order valence-corrected chi connectivity index (χ3v) is 5.49. The van der Waals surface area contributed by atoms with E-state index < -0.39 is 35.9 Å². The standard InChI is InChI=1S/C24H19F3N2O6/c25-24(26,27)20(22(31)32)29-21(30)19-10-9-13(35-19)11-28-23(33)34-12-18-16-7-3-1-5-14(16)15-6-2-4-8-17(15)18/h1-10,18,20H,11-12H2,(H,28,33)(H,29,30)(H,31,32). The van der Waals surface area contributed by atoms with Crippen molar-refractivity contribution in [1.82, 2.24) is 10.6 Å². The molecular formula is C24H19F3N2O6. The first-order chi connectivity index (χ1) is 16.6. The fourth-order valence-corrected chi connectivity index (χ4v) is 3.89. The molecule has 2 amide bonds. The van der Waals surface area contributed by atoms with E-state index in [4.69, 9.17) is 14.3 Å². The summed E-state index contributed by atoms with van der Waals surface area (Å²) in [6.07, 6.45) is -5.93. The lowest BCUT2D eigenvalue weighted by Gasteiger charge is -2.16. The number of benzene rings is 2. The van der Waals surface area contributed by atoms with Crippen LogP contribution in [0.3, 0.4) is 0 Å². The SMILES string of the molecule is O=C(NCc1ccc(C(=O)NC(C(=O)O)C(F)(F)F)o1)OCC1c2ccccc2-c2ccccc21. The largest absolute Gasteiger partial charge is 0.479 e. The van der Waals surface area contributed by atoms with E-state index in [1.54, 1.807) is 0 Å². The molecule has 0 saturated heterocycles. The molecule has 1 aliphatic carbocycles. The van der Waals surface area contributed by atoms with Gasteiger partial charge in [-0.3, -0.25) is 4.79 Å². The lowest BCUT2D eigenvalue weighted by molar-refractivity contribution is -0.178. The number of alkyl carbamates (subject to hydrolysis) is 1. The van der Waals surface area contributed by atoms with E-state index in [0.29, 0.717) is 0 Å². The van der Waals surface area contributed by atoms with Crippen molar-refractivity contribution in [1.29, 1.82) is 0 Å². The summed E-state index contributed by atoms with van der Waals surface area (Å²) in [7, 11) is 0. The van der Waals surface area contributed by atoms with Crippen LogP contribution in [-0.4, -0.2) is 41.9 Å². The lowest BCUT2D eigenvalue weighted by Crippen LogP contribution is -2.50. The number of carboxylic acid groups (broad SMARTS) is 1. The molecule has 1 unspecified atom stereocenters. The van der Waals surface area contributed by atoms with Crippen molar-refractivity contribution in [2.45, 2.75) is 24.7 Å². The second-order valence-electron chi connectivity index (χ2n) is 7.73. The third-order valence-electron chi connectivity index (χ3n) is 5.49. The van der Waals surface area contributed by atoms with Gasteiger partial charge in [-0.05, 0) is 34.4 Å². The molecule has 1 aromatic heterocycles. The summed E-state index contributed by atoms with van der Waals surface area (Å²) in [5.41, 5.74) is 4.24. The van der Waals surface area contributed by atoms with Gasteiger partial charge in [-0.15, -0.1) is 0 Å². The Kier molecular flexibility index (Phi) is 6.50. The van der Waals surface area contributed by atoms with Gasteiger partial charge in [0.05, 0.1) is 6.54 Å². The Balaban J connectivity index is 1.32. The molecule has 182 valence electrons. The monoisotopic (exact) mass is 488 g/mol. The van der Waals surface area contributed by atoms with E-state index in [9.17, 15) is 27.6 Å². The van der Waals surface area contributed by atoms with Crippen molar-refractivity contribution < 1.29 is 41.8 Å². The second kappa shape index (κ2) is 9.53. The fourth-order valence-electron chi connectivity index (χ4n) is 3.89. The predicted octanol–water partition coefficient (Wildman–Crippen LogP) is 4.06. The van der Waals surface area contributed by atoms with Crippen LogP contribution in [0.2, 0.25) is 0 Å². The maximum absolute atomic E-state index is 12.7. The highest BCUT2D eigenvalue weighted by atomic mass is 19.4. The van der Waals surface area contributed by atoms with Crippen molar-refractivity contribution in [2.75, 3.05) is 6.61 Å². The molecule has 0 bridgehead atoms. The lowest BCUT2D eigenvalue weighted by atomic mass is 9.98. The molecule has 35 heavy (non-hydrogen) atoms. The van der Waals surface area contributed by atoms with E-state index in [2.05, 4.69) is 5.32 Å². The number of carboxylic acids is 1. The Morgan fingerprint density at radius 2 is 1.57 bits per heavy atom. The van der Waals surface area contributed by atoms with E-state index in [1.165, 1.54) is 11.4 Å². The first-order valence-corrected chi connectivity index (χ1v) is 10.4. The van der Waals surface area contributed by atoms with Gasteiger partial charge < -0.3 is 24.9 Å². The van der Waals surface area contributed by atoms with Crippen LogP contribution in [-0.2, 0) is 16.1 Å². The van der Waals surface area contributed by atoms with Crippen LogP contribution in [0.5, 0.6) is 0 Å². The summed E-state index contributed by atoms with van der Waals surface area (Å²) in [4.78, 5) is 34.9. The summed E-state index contributed by atoms with van der Waals surface area (Å²) in [6.45, 7) is -0.120. The van der Waals surface area contributed by atoms with Crippen LogP contribution in [0, 0.1) is 0 Å². The van der Waals surface area contributed by atoms with E-state index in [1.807, 2.05) is 48.5 Å². The molecule has 8 nitrogen and oxygen atoms in total. The van der Waals surface area contributed by atoms with Gasteiger partial charge in [0.25, 0.3) is 5.91 Å². The Morgan fingerprint density at radius 3 is 2.14 bits per heavy atom. The molecule has 3 N–H and O–H groups in total. The molecule has 0 fully saturated rings. The minimum Gasteiger partial charge on any atom is -0.479 e. The van der Waals surface area contributed by atoms with Crippen molar-refractivity contribution >= 4 is 18.0 Å². The highest BCUT2D eigenvalue weighted by molar-refractivity contribution is 5.94. The molecular weight excluding hydrogens is 469 g/mol. The zero-order valence-corrected chi connectivity index (χ0v) is 18.0. The van der Waals surface area contributed by atoms with Gasteiger partial charge in [-0.1, -0.05) is 48.5 Å². The Labute approximate surface area is 196 Å². The predicted molar refractivity (Wildman–Crippen MR) is 116 cm³/mol. The smallest absolute Gasteiger partial charge is 0.419 e. The summed E-state index contributed by atoms with van der Waals surface area (Å²) >= 11 is 0. The van der Waals surface area contributed by atoms with Gasteiger partial charge in [0, 0.05) is 5.92 Å². The molecule has 0 spiro atoms. The highest BCUT2D eigenvalue weighted by Crippen LogP contribution is 2.44. The average Bonchev–Trinajstić information content (AvgIpc) is 3.42. The number of ether oxygens (including phenoxy) is 1. The summed E-state index contributed by atoms with van der Waals surface area (Å²) in [5.74, 6) is -4.23. The molecule has 2 aromatic carbocycles. The number of hydrogen-bond acceptors (Lipinski definition) is 5. The van der Waals surface area contributed by atoms with Gasteiger partial charge in [0.2, 0.25) is 6.04 Å². The van der Waals surface area contributed by atoms with Crippen LogP contribution < -0.4 is 10.6 Å². The van der Waals surface area contributed by atoms with Crippen molar-refractivity contribution in [3.05, 3.63) is 83.3 Å². The van der Waals surface area contributed by atoms with Crippen LogP contribution in [0.1, 0.15) is 33.4 Å². The van der Waals surface area contributed by atoms with Crippen LogP contribution in [0.25, 0.3) is 11.1 Å². The number of furan rings is 1. The molecule has 4 rings (SSSR count). The molecule has 0 aliphatic heterocycles. The van der Waals surface area contributed by atoms with Crippen LogP contribution in [0.15, 0.2) is 65.1 Å². The van der Waals surface area contributed by atoms with Gasteiger partial charge in [-0.2, -0.15) is 13.2 Å². The second-order valence-corrected chi connectivity index (χ2v) is 7.73. The normalized spacial score (nSPS) is 13.5. The number of nitrogens with one attached hydrogen (secondary N) is 2. The van der Waals surface area contributed by atoms with Gasteiger partial charge >= 0.3 is 18.2 Å². The van der Waals surface area contributed by atoms with Gasteiger partial charge in [-0.25, -0.2) is 9.59 Å². The summed E-state index contributed by atoms with van der Waals surface area (Å²) < 4.78 is 48.7. The molecule has 1 atom stereocenters. The third kappa shape index (κ3) is 5.13. The number of rotatable bonds is 7. The zero-order chi connectivity index (χ0) is 25.2. The Bertz CT molecular complexity index is 1220. The van der Waals surface area contributed by atoms with Crippen LogP contribution in [0.4, 0.5) is 18.0 Å². The first kappa shape index (κ1) is 23.9. The first-order valence-electron chi connectivity index (χ1n) is 10.4. The van der Waals surface area contributed by atoms with Crippen molar-refractivity contribution in [2.24, 2.45) is 0 Å². The number of aliphatic carboxylic acids is 1. The maximum Gasteiger partial charge on any atom is 0.419 e. The fraction of sp³-hybridized carbons (Fsp3) is 0.208. The number of halogens is 3. The molecule has 11 heteroatoms. The summed E-state index contributed by atoms with van der Waals surface area (Å²) in [6, 6.07) is 14.9. The number of alkyl halides is 3. The molecule has 1 heterocycles. The van der Waals surface area contributed by atoms with E-state index in [-0.39, 0.29) is 24.8 Å². The van der Waals surface area contributed by atoms with Crippen LogP contribution >= 0.6 is 0 Å². The molecule has 1 aliphatic rings. The highest BCUT2D eigenvalue weighted by Gasteiger charge is 2.46. The topological polar surface area (TPSA) is 118 Å². The minimum atomic E-state index is -5.18. The quantitative estimate of drug-likeness (QED) is 0.462. The molecule has 0 saturated carbocycles. The number of amides is 2. The maximum atomic E-state index is 12.7. The Morgan fingerprint density at radius 1 is 0.971 bits per heavy atom. The number of carbonyl (C=O) groups excluding carboxylic acids is 2. The van der Waals surface area contributed by atoms with E-state index >= 15 is 0 Å². The Hall–Kier alpha value is -4.28. The van der Waals surface area contributed by atoms with Gasteiger partial charge in [0.15, 0.2) is 5.76 Å². The minimum absolute atomic E-state index is 0.0579. The van der Waals surface area contributed by atoms with Gasteiger partial charge in [0.1, 0.15) is 12.4 Å². The number of carbonyl (C=O) groups is 3. The number of hydrogen-bond donors (Lipinski definition) is 3. The number of fused-ring (bicyclic) bond motifs is 3. The average molecular weight is 488 g/mol. The summed E-state index contributed by atoms with van der Waals surface area (Å²) in [5, 5.41) is 12.5. The molecule has 0 radical (unpaired) electrons. The van der Waals surface area contributed by atoms with Crippen molar-refractivity contribution in [3.63, 3.8) is 0 Å². The molecule has 3 aromatic rings. The van der Waals surface area contributed by atoms with Crippen molar-refractivity contribution in [3.8, 4) is 11.1 Å². The zero-order valence-electron chi connectivity index (χ0n) is 18.0. The van der Waals surface area contributed by atoms with E-state index in [0.717, 1.165) is 28.3 Å².